The average Bonchev–Trinajstić information content (AvgIpc) is 3.45. The minimum absolute atomic E-state index is 0.0438. The van der Waals surface area contributed by atoms with Gasteiger partial charge in [0.1, 0.15) is 5.76 Å². The zero-order chi connectivity index (χ0) is 21.6. The van der Waals surface area contributed by atoms with E-state index in [1.54, 1.807) is 6.26 Å². The number of rotatable bonds is 8. The highest BCUT2D eigenvalue weighted by molar-refractivity contribution is 7.99. The number of ether oxygens (including phenoxy) is 1. The Morgan fingerprint density at radius 1 is 1.16 bits per heavy atom. The fraction of sp³-hybridized carbons (Fsp3) is 0.409. The number of aromatic nitrogens is 3. The Labute approximate surface area is 186 Å². The van der Waals surface area contributed by atoms with E-state index < -0.39 is 0 Å². The molecule has 4 rings (SSSR count). The molecule has 1 saturated heterocycles. The van der Waals surface area contributed by atoms with E-state index in [2.05, 4.69) is 15.1 Å². The van der Waals surface area contributed by atoms with Gasteiger partial charge < -0.3 is 19.0 Å². The molecule has 2 aromatic heterocycles. The number of hydrogen-bond acceptors (Lipinski definition) is 7. The molecule has 3 heterocycles. The first-order chi connectivity index (χ1) is 15.2. The van der Waals surface area contributed by atoms with Gasteiger partial charge in [0.2, 0.25) is 11.9 Å². The number of amides is 1. The molecule has 0 atom stereocenters. The van der Waals surface area contributed by atoms with Crippen molar-refractivity contribution in [3.05, 3.63) is 54.0 Å². The topological polar surface area (TPSA) is 76.6 Å². The number of hydrogen-bond donors (Lipinski definition) is 0. The summed E-state index contributed by atoms with van der Waals surface area (Å²) in [5.41, 5.74) is 2.03. The van der Waals surface area contributed by atoms with Crippen LogP contribution in [-0.4, -0.2) is 59.3 Å². The van der Waals surface area contributed by atoms with Crippen molar-refractivity contribution in [2.24, 2.45) is 0 Å². The standard InChI is InChI=1S/C22H27N5O3S/c1-3-26(19-9-5-4-7-17(19)2)20(28)16-31-22-24-23-21(25-10-13-29-14-11-25)27(22)15-18-8-6-12-30-18/h4-9,12H,3,10-11,13-16H2,1-2H3. The number of carbonyl (C=O) groups is 1. The van der Waals surface area contributed by atoms with Crippen molar-refractivity contribution in [2.75, 3.05) is 48.4 Å². The van der Waals surface area contributed by atoms with Crippen LogP contribution >= 0.6 is 11.8 Å². The van der Waals surface area contributed by atoms with Crippen molar-refractivity contribution in [1.29, 1.82) is 0 Å². The van der Waals surface area contributed by atoms with E-state index in [1.165, 1.54) is 11.8 Å². The molecule has 9 heteroatoms. The second kappa shape index (κ2) is 10.0. The maximum Gasteiger partial charge on any atom is 0.237 e. The molecule has 1 aromatic carbocycles. The molecule has 164 valence electrons. The Morgan fingerprint density at radius 2 is 1.97 bits per heavy atom. The second-order valence-corrected chi connectivity index (χ2v) is 8.20. The Balaban J connectivity index is 1.52. The maximum absolute atomic E-state index is 13.0. The van der Waals surface area contributed by atoms with Gasteiger partial charge in [-0.15, -0.1) is 10.2 Å². The molecule has 0 aliphatic carbocycles. The largest absolute Gasteiger partial charge is 0.467 e. The van der Waals surface area contributed by atoms with Gasteiger partial charge >= 0.3 is 0 Å². The number of morpholine rings is 1. The van der Waals surface area contributed by atoms with Gasteiger partial charge in [-0.05, 0) is 37.6 Å². The van der Waals surface area contributed by atoms with Gasteiger partial charge in [-0.3, -0.25) is 9.36 Å². The van der Waals surface area contributed by atoms with Crippen molar-refractivity contribution in [2.45, 2.75) is 25.5 Å². The summed E-state index contributed by atoms with van der Waals surface area (Å²) in [6.07, 6.45) is 1.66. The smallest absolute Gasteiger partial charge is 0.237 e. The van der Waals surface area contributed by atoms with E-state index in [4.69, 9.17) is 9.15 Å². The molecule has 0 unspecified atom stereocenters. The first-order valence-electron chi connectivity index (χ1n) is 10.4. The molecule has 0 N–H and O–H groups in total. The number of benzene rings is 1. The van der Waals surface area contributed by atoms with Gasteiger partial charge in [-0.1, -0.05) is 30.0 Å². The van der Waals surface area contributed by atoms with Crippen LogP contribution in [0.15, 0.2) is 52.2 Å². The molecule has 1 fully saturated rings. The number of furan rings is 1. The number of anilines is 2. The number of thioether (sulfide) groups is 1. The zero-order valence-corrected chi connectivity index (χ0v) is 18.7. The molecule has 1 aliphatic heterocycles. The van der Waals surface area contributed by atoms with Gasteiger partial charge in [-0.2, -0.15) is 0 Å². The number of carbonyl (C=O) groups excluding carboxylic acids is 1. The first kappa shape index (κ1) is 21.5. The number of aryl methyl sites for hydroxylation is 1. The Kier molecular flexibility index (Phi) is 6.93. The minimum atomic E-state index is 0.0438. The quantitative estimate of drug-likeness (QED) is 0.497. The minimum Gasteiger partial charge on any atom is -0.467 e. The van der Waals surface area contributed by atoms with Crippen molar-refractivity contribution in [3.8, 4) is 0 Å². The molecule has 0 radical (unpaired) electrons. The maximum atomic E-state index is 13.0. The first-order valence-corrected chi connectivity index (χ1v) is 11.4. The van der Waals surface area contributed by atoms with Crippen molar-refractivity contribution < 1.29 is 13.9 Å². The summed E-state index contributed by atoms with van der Waals surface area (Å²) in [6, 6.07) is 11.7. The second-order valence-electron chi connectivity index (χ2n) is 7.26. The molecular weight excluding hydrogens is 414 g/mol. The van der Waals surface area contributed by atoms with Crippen molar-refractivity contribution in [1.82, 2.24) is 14.8 Å². The van der Waals surface area contributed by atoms with Gasteiger partial charge in [0.15, 0.2) is 5.16 Å². The third-order valence-electron chi connectivity index (χ3n) is 5.23. The molecule has 0 spiro atoms. The van der Waals surface area contributed by atoms with Crippen LogP contribution in [0.5, 0.6) is 0 Å². The van der Waals surface area contributed by atoms with Gasteiger partial charge in [0, 0.05) is 25.3 Å². The number of nitrogens with zero attached hydrogens (tertiary/aromatic N) is 5. The predicted molar refractivity (Wildman–Crippen MR) is 121 cm³/mol. The van der Waals surface area contributed by atoms with E-state index >= 15 is 0 Å². The summed E-state index contributed by atoms with van der Waals surface area (Å²) in [5, 5.41) is 9.53. The van der Waals surface area contributed by atoms with Crippen LogP contribution in [0.3, 0.4) is 0 Å². The van der Waals surface area contributed by atoms with Crippen molar-refractivity contribution in [3.63, 3.8) is 0 Å². The third kappa shape index (κ3) is 4.94. The molecule has 1 amide bonds. The highest BCUT2D eigenvalue weighted by Gasteiger charge is 2.23. The Hall–Kier alpha value is -2.78. The number of para-hydroxylation sites is 1. The van der Waals surface area contributed by atoms with E-state index in [0.717, 1.165) is 36.0 Å². The van der Waals surface area contributed by atoms with Gasteiger partial charge in [-0.25, -0.2) is 0 Å². The lowest BCUT2D eigenvalue weighted by Gasteiger charge is -2.27. The Morgan fingerprint density at radius 3 is 2.68 bits per heavy atom. The molecule has 31 heavy (non-hydrogen) atoms. The Bertz CT molecular complexity index is 999. The van der Waals surface area contributed by atoms with Crippen LogP contribution in [0.1, 0.15) is 18.2 Å². The lowest BCUT2D eigenvalue weighted by Crippen LogP contribution is -2.38. The van der Waals surface area contributed by atoms with Crippen LogP contribution in [0.4, 0.5) is 11.6 Å². The van der Waals surface area contributed by atoms with Crippen LogP contribution in [-0.2, 0) is 16.1 Å². The van der Waals surface area contributed by atoms with Crippen LogP contribution < -0.4 is 9.80 Å². The monoisotopic (exact) mass is 441 g/mol. The summed E-state index contributed by atoms with van der Waals surface area (Å²) >= 11 is 1.40. The van der Waals surface area contributed by atoms with Gasteiger partial charge in [0.05, 0.1) is 31.8 Å². The fourth-order valence-electron chi connectivity index (χ4n) is 3.63. The predicted octanol–water partition coefficient (Wildman–Crippen LogP) is 3.21. The van der Waals surface area contributed by atoms with E-state index in [0.29, 0.717) is 31.5 Å². The fourth-order valence-corrected chi connectivity index (χ4v) is 4.44. The summed E-state index contributed by atoms with van der Waals surface area (Å²) < 4.78 is 13.0. The van der Waals surface area contributed by atoms with E-state index in [9.17, 15) is 4.79 Å². The highest BCUT2D eigenvalue weighted by Crippen LogP contribution is 2.26. The summed E-state index contributed by atoms with van der Waals surface area (Å²) in [4.78, 5) is 17.0. The van der Waals surface area contributed by atoms with E-state index in [-0.39, 0.29) is 11.7 Å². The lowest BCUT2D eigenvalue weighted by atomic mass is 10.2. The molecule has 8 nitrogen and oxygen atoms in total. The van der Waals surface area contributed by atoms with Crippen LogP contribution in [0.2, 0.25) is 0 Å². The van der Waals surface area contributed by atoms with E-state index in [1.807, 2.05) is 59.7 Å². The average molecular weight is 442 g/mol. The SMILES string of the molecule is CCN(C(=O)CSc1nnc(N2CCOCC2)n1Cc1ccco1)c1ccccc1C. The highest BCUT2D eigenvalue weighted by atomic mass is 32.2. The third-order valence-corrected chi connectivity index (χ3v) is 6.19. The summed E-state index contributed by atoms with van der Waals surface area (Å²) in [5.74, 6) is 1.92. The molecule has 0 bridgehead atoms. The van der Waals surface area contributed by atoms with Gasteiger partial charge in [0.25, 0.3) is 0 Å². The normalized spacial score (nSPS) is 14.1. The lowest BCUT2D eigenvalue weighted by molar-refractivity contribution is -0.116. The molecule has 0 saturated carbocycles. The zero-order valence-electron chi connectivity index (χ0n) is 17.9. The summed E-state index contributed by atoms with van der Waals surface area (Å²) in [6.45, 7) is 7.99. The van der Waals surface area contributed by atoms with Crippen LogP contribution in [0.25, 0.3) is 0 Å². The molecule has 3 aromatic rings. The molecular formula is C22H27N5O3S. The molecule has 1 aliphatic rings. The van der Waals surface area contributed by atoms with Crippen LogP contribution in [0, 0.1) is 6.92 Å². The van der Waals surface area contributed by atoms with Crippen molar-refractivity contribution >= 4 is 29.3 Å². The summed E-state index contributed by atoms with van der Waals surface area (Å²) in [7, 11) is 0.